The number of hydrogen-bond donors (Lipinski definition) is 1. The number of halogens is 1. The maximum atomic E-state index is 10.3. The van der Waals surface area contributed by atoms with E-state index in [-0.39, 0.29) is 0 Å². The standard InChI is InChI=1S/C17H13ClO/c18-15-9-5-12(6-10-15)11-14-8-7-13-3-1-2-4-16(13)17(14)19/h1-10,19H,11H2. The number of fused-ring (bicyclic) bond motifs is 1. The quantitative estimate of drug-likeness (QED) is 0.708. The van der Waals surface area contributed by atoms with Gasteiger partial charge in [-0.25, -0.2) is 0 Å². The predicted molar refractivity (Wildman–Crippen MR) is 79.9 cm³/mol. The molecule has 0 aliphatic heterocycles. The van der Waals surface area contributed by atoms with Crippen LogP contribution in [0, 0.1) is 0 Å². The fourth-order valence-corrected chi connectivity index (χ4v) is 2.39. The summed E-state index contributed by atoms with van der Waals surface area (Å²) in [5.41, 5.74) is 2.07. The van der Waals surface area contributed by atoms with Gasteiger partial charge >= 0.3 is 0 Å². The van der Waals surface area contributed by atoms with Crippen LogP contribution in [0.15, 0.2) is 60.7 Å². The Morgan fingerprint density at radius 2 is 1.58 bits per heavy atom. The second-order valence-electron chi connectivity index (χ2n) is 4.60. The Morgan fingerprint density at radius 3 is 2.37 bits per heavy atom. The van der Waals surface area contributed by atoms with E-state index >= 15 is 0 Å². The fourth-order valence-electron chi connectivity index (χ4n) is 2.27. The molecular weight excluding hydrogens is 256 g/mol. The van der Waals surface area contributed by atoms with Crippen LogP contribution in [0.4, 0.5) is 0 Å². The Bertz CT molecular complexity index is 717. The van der Waals surface area contributed by atoms with Crippen LogP contribution in [0.2, 0.25) is 5.02 Å². The van der Waals surface area contributed by atoms with Gasteiger partial charge in [-0.1, -0.05) is 60.1 Å². The van der Waals surface area contributed by atoms with E-state index in [1.54, 1.807) is 0 Å². The van der Waals surface area contributed by atoms with Crippen molar-refractivity contribution >= 4 is 22.4 Å². The normalized spacial score (nSPS) is 10.8. The van der Waals surface area contributed by atoms with Crippen molar-refractivity contribution in [1.29, 1.82) is 0 Å². The van der Waals surface area contributed by atoms with E-state index in [4.69, 9.17) is 11.6 Å². The SMILES string of the molecule is Oc1c(Cc2ccc(Cl)cc2)ccc2ccccc12. The van der Waals surface area contributed by atoms with Crippen molar-refractivity contribution < 1.29 is 5.11 Å². The number of phenolic OH excluding ortho intramolecular Hbond substituents is 1. The van der Waals surface area contributed by atoms with Gasteiger partial charge in [-0.2, -0.15) is 0 Å². The molecule has 0 fully saturated rings. The first kappa shape index (κ1) is 12.1. The largest absolute Gasteiger partial charge is 0.507 e. The number of rotatable bonds is 2. The van der Waals surface area contributed by atoms with Crippen molar-refractivity contribution in [2.24, 2.45) is 0 Å². The van der Waals surface area contributed by atoms with E-state index in [0.717, 1.165) is 26.9 Å². The van der Waals surface area contributed by atoms with Gasteiger partial charge in [0.25, 0.3) is 0 Å². The number of aromatic hydroxyl groups is 1. The van der Waals surface area contributed by atoms with Crippen LogP contribution >= 0.6 is 11.6 Å². The second kappa shape index (κ2) is 4.94. The maximum absolute atomic E-state index is 10.3. The van der Waals surface area contributed by atoms with Crippen molar-refractivity contribution in [3.05, 3.63) is 76.8 Å². The summed E-state index contributed by atoms with van der Waals surface area (Å²) in [6.45, 7) is 0. The lowest BCUT2D eigenvalue weighted by Crippen LogP contribution is -1.89. The van der Waals surface area contributed by atoms with E-state index in [0.29, 0.717) is 12.2 Å². The van der Waals surface area contributed by atoms with Crippen LogP contribution in [0.5, 0.6) is 5.75 Å². The summed E-state index contributed by atoms with van der Waals surface area (Å²) in [6.07, 6.45) is 0.702. The molecule has 3 aromatic rings. The average Bonchev–Trinajstić information content (AvgIpc) is 2.45. The zero-order chi connectivity index (χ0) is 13.2. The highest BCUT2D eigenvalue weighted by atomic mass is 35.5. The molecule has 0 aliphatic rings. The van der Waals surface area contributed by atoms with Crippen molar-refractivity contribution in [3.8, 4) is 5.75 Å². The third-order valence-corrected chi connectivity index (χ3v) is 3.54. The molecule has 0 atom stereocenters. The topological polar surface area (TPSA) is 20.2 Å². The molecule has 0 bridgehead atoms. The zero-order valence-electron chi connectivity index (χ0n) is 10.3. The Kier molecular flexibility index (Phi) is 3.14. The Hall–Kier alpha value is -1.99. The first-order valence-corrected chi connectivity index (χ1v) is 6.56. The molecule has 0 aromatic heterocycles. The molecule has 3 aromatic carbocycles. The molecule has 0 heterocycles. The molecule has 19 heavy (non-hydrogen) atoms. The van der Waals surface area contributed by atoms with E-state index < -0.39 is 0 Å². The van der Waals surface area contributed by atoms with Crippen LogP contribution in [-0.2, 0) is 6.42 Å². The summed E-state index contributed by atoms with van der Waals surface area (Å²) < 4.78 is 0. The van der Waals surface area contributed by atoms with Gasteiger partial charge in [0.2, 0.25) is 0 Å². The van der Waals surface area contributed by atoms with Crippen molar-refractivity contribution in [2.75, 3.05) is 0 Å². The van der Waals surface area contributed by atoms with Crippen LogP contribution in [0.25, 0.3) is 10.8 Å². The highest BCUT2D eigenvalue weighted by Crippen LogP contribution is 2.30. The van der Waals surface area contributed by atoms with E-state index in [2.05, 4.69) is 0 Å². The monoisotopic (exact) mass is 268 g/mol. The molecule has 0 radical (unpaired) electrons. The Morgan fingerprint density at radius 1 is 0.842 bits per heavy atom. The van der Waals surface area contributed by atoms with Gasteiger partial charge in [0, 0.05) is 16.8 Å². The van der Waals surface area contributed by atoms with Crippen LogP contribution in [0.3, 0.4) is 0 Å². The molecule has 0 amide bonds. The van der Waals surface area contributed by atoms with E-state index in [9.17, 15) is 5.11 Å². The number of benzene rings is 3. The van der Waals surface area contributed by atoms with Crippen molar-refractivity contribution in [3.63, 3.8) is 0 Å². The van der Waals surface area contributed by atoms with Crippen LogP contribution in [-0.4, -0.2) is 5.11 Å². The smallest absolute Gasteiger partial charge is 0.126 e. The lowest BCUT2D eigenvalue weighted by molar-refractivity contribution is 0.476. The summed E-state index contributed by atoms with van der Waals surface area (Å²) in [7, 11) is 0. The molecule has 0 saturated carbocycles. The molecule has 0 unspecified atom stereocenters. The van der Waals surface area contributed by atoms with E-state index in [1.807, 2.05) is 60.7 Å². The third kappa shape index (κ3) is 2.42. The van der Waals surface area contributed by atoms with Gasteiger partial charge in [0.1, 0.15) is 5.75 Å². The molecule has 0 aliphatic carbocycles. The maximum Gasteiger partial charge on any atom is 0.126 e. The molecule has 1 nitrogen and oxygen atoms in total. The van der Waals surface area contributed by atoms with Gasteiger partial charge in [-0.3, -0.25) is 0 Å². The Balaban J connectivity index is 2.01. The molecule has 0 spiro atoms. The van der Waals surface area contributed by atoms with Gasteiger partial charge in [0.05, 0.1) is 0 Å². The highest BCUT2D eigenvalue weighted by molar-refractivity contribution is 6.30. The first-order valence-electron chi connectivity index (χ1n) is 6.18. The molecule has 1 N–H and O–H groups in total. The zero-order valence-corrected chi connectivity index (χ0v) is 11.1. The van der Waals surface area contributed by atoms with Gasteiger partial charge < -0.3 is 5.11 Å². The molecular formula is C17H13ClO. The van der Waals surface area contributed by atoms with Gasteiger partial charge in [0.15, 0.2) is 0 Å². The Labute approximate surface area is 117 Å². The predicted octanol–water partition coefficient (Wildman–Crippen LogP) is 4.79. The molecule has 2 heteroatoms. The summed E-state index contributed by atoms with van der Waals surface area (Å²) in [6, 6.07) is 19.6. The minimum absolute atomic E-state index is 0.369. The lowest BCUT2D eigenvalue weighted by atomic mass is 10.00. The molecule has 94 valence electrons. The van der Waals surface area contributed by atoms with Gasteiger partial charge in [-0.05, 0) is 28.6 Å². The lowest BCUT2D eigenvalue weighted by Gasteiger charge is -2.08. The summed E-state index contributed by atoms with van der Waals surface area (Å²) in [5, 5.41) is 13.0. The third-order valence-electron chi connectivity index (χ3n) is 3.29. The van der Waals surface area contributed by atoms with Crippen LogP contribution in [0.1, 0.15) is 11.1 Å². The van der Waals surface area contributed by atoms with E-state index in [1.165, 1.54) is 0 Å². The highest BCUT2D eigenvalue weighted by Gasteiger charge is 2.06. The molecule has 3 rings (SSSR count). The number of phenols is 1. The summed E-state index contributed by atoms with van der Waals surface area (Å²) in [4.78, 5) is 0. The van der Waals surface area contributed by atoms with Gasteiger partial charge in [-0.15, -0.1) is 0 Å². The summed E-state index contributed by atoms with van der Waals surface area (Å²) in [5.74, 6) is 0.369. The minimum atomic E-state index is 0.369. The summed E-state index contributed by atoms with van der Waals surface area (Å²) >= 11 is 5.87. The molecule has 0 saturated heterocycles. The second-order valence-corrected chi connectivity index (χ2v) is 5.03. The van der Waals surface area contributed by atoms with Crippen molar-refractivity contribution in [1.82, 2.24) is 0 Å². The average molecular weight is 269 g/mol. The first-order chi connectivity index (χ1) is 9.24. The fraction of sp³-hybridized carbons (Fsp3) is 0.0588. The number of hydrogen-bond acceptors (Lipinski definition) is 1. The van der Waals surface area contributed by atoms with Crippen LogP contribution < -0.4 is 0 Å². The minimum Gasteiger partial charge on any atom is -0.507 e. The van der Waals surface area contributed by atoms with Crippen molar-refractivity contribution in [2.45, 2.75) is 6.42 Å².